The van der Waals surface area contributed by atoms with Gasteiger partial charge in [0, 0.05) is 26.2 Å². The maximum atomic E-state index is 13.0. The number of ketones is 1. The average molecular weight is 567 g/mol. The molecule has 4 N–H and O–H groups in total. The minimum absolute atomic E-state index is 0.0131. The van der Waals surface area contributed by atoms with Crippen molar-refractivity contribution in [3.05, 3.63) is 10.5 Å². The molecule has 4 aliphatic carbocycles. The lowest BCUT2D eigenvalue weighted by atomic mass is 9.47. The Labute approximate surface area is 238 Å². The molecule has 222 valence electrons. The number of amides is 1. The van der Waals surface area contributed by atoms with Gasteiger partial charge in [-0.3, -0.25) is 9.59 Å². The summed E-state index contributed by atoms with van der Waals surface area (Å²) in [5.41, 5.74) is 6.69. The lowest BCUT2D eigenvalue weighted by molar-refractivity contribution is -0.118. The van der Waals surface area contributed by atoms with Crippen molar-refractivity contribution in [2.45, 2.75) is 84.2 Å². The second-order valence-corrected chi connectivity index (χ2v) is 13.3. The Morgan fingerprint density at radius 3 is 2.36 bits per heavy atom. The standard InChI is InChI=1S/C30H50N2O6S/c1-29-12-10-25(33)27(24(29)6-5-21-22-7-8-26(34)30(22,2)11-9-23(21)29)39-28(35)32-14-4-16-37-18-20-38-19-17-36-15-3-13-31/h21-23,26,34H,3-20,31H2,1-2H3,(H,32,35). The maximum absolute atomic E-state index is 13.0. The number of carbonyl (C=O) groups excluding carboxylic acids is 2. The van der Waals surface area contributed by atoms with E-state index in [1.165, 1.54) is 5.57 Å². The molecule has 8 nitrogen and oxygen atoms in total. The van der Waals surface area contributed by atoms with Gasteiger partial charge in [0.2, 0.25) is 0 Å². The van der Waals surface area contributed by atoms with E-state index < -0.39 is 0 Å². The van der Waals surface area contributed by atoms with Gasteiger partial charge in [0.15, 0.2) is 5.78 Å². The normalized spacial score (nSPS) is 34.0. The van der Waals surface area contributed by atoms with Crippen LogP contribution in [0.2, 0.25) is 0 Å². The molecule has 0 aromatic rings. The van der Waals surface area contributed by atoms with Crippen molar-refractivity contribution >= 4 is 22.8 Å². The van der Waals surface area contributed by atoms with Gasteiger partial charge in [-0.2, -0.15) is 0 Å². The van der Waals surface area contributed by atoms with Crippen molar-refractivity contribution in [3.8, 4) is 0 Å². The predicted octanol–water partition coefficient (Wildman–Crippen LogP) is 4.44. The number of hydrogen-bond donors (Lipinski definition) is 3. The van der Waals surface area contributed by atoms with Crippen LogP contribution in [0.25, 0.3) is 0 Å². The Kier molecular flexibility index (Phi) is 11.3. The van der Waals surface area contributed by atoms with Crippen LogP contribution in [0.4, 0.5) is 4.79 Å². The van der Waals surface area contributed by atoms with Crippen molar-refractivity contribution in [1.82, 2.24) is 5.32 Å². The third-order valence-corrected chi connectivity index (χ3v) is 11.2. The molecule has 0 aromatic carbocycles. The molecular weight excluding hydrogens is 516 g/mol. The van der Waals surface area contributed by atoms with E-state index in [1.807, 2.05) is 0 Å². The van der Waals surface area contributed by atoms with Gasteiger partial charge in [0.1, 0.15) is 0 Å². The second-order valence-electron chi connectivity index (χ2n) is 12.4. The number of allylic oxidation sites excluding steroid dienone is 1. The predicted molar refractivity (Wildman–Crippen MR) is 153 cm³/mol. The zero-order valence-corrected chi connectivity index (χ0v) is 24.8. The van der Waals surface area contributed by atoms with E-state index in [1.54, 1.807) is 0 Å². The Hall–Kier alpha value is -0.970. The number of fused-ring (bicyclic) bond motifs is 5. The van der Waals surface area contributed by atoms with Gasteiger partial charge in [0.25, 0.3) is 5.24 Å². The van der Waals surface area contributed by atoms with Gasteiger partial charge < -0.3 is 30.4 Å². The van der Waals surface area contributed by atoms with Crippen LogP contribution in [0, 0.1) is 28.6 Å². The topological polar surface area (TPSA) is 120 Å². The number of Topliss-reactive ketones (excluding diaryl/α,β-unsaturated/α-hetero) is 1. The number of carbonyl (C=O) groups is 2. The molecule has 0 saturated heterocycles. The summed E-state index contributed by atoms with van der Waals surface area (Å²) >= 11 is 1.12. The lowest BCUT2D eigenvalue weighted by Crippen LogP contribution is -2.51. The minimum atomic E-state index is -0.175. The number of ether oxygens (including phenoxy) is 3. The van der Waals surface area contributed by atoms with Crippen LogP contribution in [0.3, 0.4) is 0 Å². The highest BCUT2D eigenvalue weighted by atomic mass is 32.2. The minimum Gasteiger partial charge on any atom is -0.393 e. The summed E-state index contributed by atoms with van der Waals surface area (Å²) in [7, 11) is 0. The zero-order chi connectivity index (χ0) is 27.9. The van der Waals surface area contributed by atoms with E-state index in [-0.39, 0.29) is 28.0 Å². The molecule has 0 radical (unpaired) electrons. The van der Waals surface area contributed by atoms with Gasteiger partial charge in [-0.05, 0) is 110 Å². The first-order valence-corrected chi connectivity index (χ1v) is 16.0. The fraction of sp³-hybridized carbons (Fsp3) is 0.867. The van der Waals surface area contributed by atoms with Crippen LogP contribution in [0.5, 0.6) is 0 Å². The Morgan fingerprint density at radius 2 is 1.64 bits per heavy atom. The third-order valence-electron chi connectivity index (χ3n) is 10.2. The van der Waals surface area contributed by atoms with Gasteiger partial charge in [0.05, 0.1) is 37.4 Å². The van der Waals surface area contributed by atoms with Crippen LogP contribution in [0.1, 0.15) is 78.1 Å². The highest BCUT2D eigenvalue weighted by Crippen LogP contribution is 2.66. The van der Waals surface area contributed by atoms with Gasteiger partial charge in [-0.1, -0.05) is 13.8 Å². The van der Waals surface area contributed by atoms with Gasteiger partial charge in [-0.25, -0.2) is 0 Å². The van der Waals surface area contributed by atoms with Crippen LogP contribution in [-0.4, -0.2) is 75.0 Å². The van der Waals surface area contributed by atoms with Gasteiger partial charge >= 0.3 is 0 Å². The van der Waals surface area contributed by atoms with E-state index in [0.717, 1.165) is 63.1 Å². The molecular formula is C30H50N2O6S. The van der Waals surface area contributed by atoms with E-state index in [0.29, 0.717) is 88.2 Å². The number of aliphatic hydroxyl groups excluding tert-OH is 1. The molecule has 0 heterocycles. The first-order valence-electron chi connectivity index (χ1n) is 15.1. The molecule has 4 rings (SSSR count). The van der Waals surface area contributed by atoms with E-state index in [9.17, 15) is 14.7 Å². The zero-order valence-electron chi connectivity index (χ0n) is 24.0. The van der Waals surface area contributed by atoms with Gasteiger partial charge in [-0.15, -0.1) is 0 Å². The molecule has 3 fully saturated rings. The van der Waals surface area contributed by atoms with E-state index in [2.05, 4.69) is 19.2 Å². The Bertz CT molecular complexity index is 884. The number of nitrogens with two attached hydrogens (primary N) is 1. The summed E-state index contributed by atoms with van der Waals surface area (Å²) in [5.74, 6) is 1.87. The average Bonchev–Trinajstić information content (AvgIpc) is 3.23. The third kappa shape index (κ3) is 7.09. The fourth-order valence-corrected chi connectivity index (χ4v) is 9.01. The highest BCUT2D eigenvalue weighted by Gasteiger charge is 2.59. The SMILES string of the molecule is CC12CCC(=O)C(SC(=O)NCCCOCCOCCOCCCN)=C1CCC1C2CCC2(C)C(O)CCC12. The van der Waals surface area contributed by atoms with Crippen LogP contribution >= 0.6 is 11.8 Å². The number of nitrogens with one attached hydrogen (secondary N) is 1. The number of rotatable bonds is 14. The quantitative estimate of drug-likeness (QED) is 0.264. The van der Waals surface area contributed by atoms with Crippen LogP contribution < -0.4 is 11.1 Å². The van der Waals surface area contributed by atoms with Crippen molar-refractivity contribution in [1.29, 1.82) is 0 Å². The molecule has 4 aliphatic rings. The highest BCUT2D eigenvalue weighted by molar-refractivity contribution is 8.17. The maximum Gasteiger partial charge on any atom is 0.283 e. The number of thioether (sulfide) groups is 1. The summed E-state index contributed by atoms with van der Waals surface area (Å²) < 4.78 is 16.4. The summed E-state index contributed by atoms with van der Waals surface area (Å²) in [6.45, 7) is 9.16. The Morgan fingerprint density at radius 1 is 0.949 bits per heavy atom. The summed E-state index contributed by atoms with van der Waals surface area (Å²) in [5, 5.41) is 13.5. The molecule has 3 saturated carbocycles. The first kappa shape index (κ1) is 31.0. The molecule has 0 bridgehead atoms. The van der Waals surface area contributed by atoms with E-state index >= 15 is 0 Å². The summed E-state index contributed by atoms with van der Waals surface area (Å²) in [6.07, 6.45) is 9.01. The number of hydrogen-bond acceptors (Lipinski definition) is 8. The summed E-state index contributed by atoms with van der Waals surface area (Å²) in [4.78, 5) is 26.5. The monoisotopic (exact) mass is 566 g/mol. The fourth-order valence-electron chi connectivity index (χ4n) is 7.98. The molecule has 9 heteroatoms. The van der Waals surface area contributed by atoms with Crippen molar-refractivity contribution in [3.63, 3.8) is 0 Å². The van der Waals surface area contributed by atoms with E-state index in [4.69, 9.17) is 19.9 Å². The van der Waals surface area contributed by atoms with Crippen molar-refractivity contribution in [2.24, 2.45) is 34.3 Å². The lowest BCUT2D eigenvalue weighted by Gasteiger charge is -2.58. The van der Waals surface area contributed by atoms with Crippen LogP contribution in [0.15, 0.2) is 10.5 Å². The first-order chi connectivity index (χ1) is 18.8. The second kappa shape index (κ2) is 14.3. The summed E-state index contributed by atoms with van der Waals surface area (Å²) in [6, 6.07) is 0. The largest absolute Gasteiger partial charge is 0.393 e. The molecule has 6 atom stereocenters. The molecule has 0 aliphatic heterocycles. The molecule has 39 heavy (non-hydrogen) atoms. The molecule has 0 aromatic heterocycles. The smallest absolute Gasteiger partial charge is 0.283 e. The molecule has 6 unspecified atom stereocenters. The van der Waals surface area contributed by atoms with Crippen molar-refractivity contribution < 1.29 is 28.9 Å². The number of aliphatic hydroxyl groups is 1. The van der Waals surface area contributed by atoms with Crippen molar-refractivity contribution in [2.75, 3.05) is 52.7 Å². The molecule has 1 amide bonds. The Balaban J connectivity index is 1.19. The molecule has 0 spiro atoms. The van der Waals surface area contributed by atoms with Crippen LogP contribution in [-0.2, 0) is 19.0 Å².